The van der Waals surface area contributed by atoms with Crippen LogP contribution in [0.15, 0.2) is 18.2 Å². The lowest BCUT2D eigenvalue weighted by atomic mass is 10.0. The molecular formula is C14H18ClNO3S. The van der Waals surface area contributed by atoms with Crippen molar-refractivity contribution in [2.45, 2.75) is 38.0 Å². The number of hydrogen-bond donors (Lipinski definition) is 1. The van der Waals surface area contributed by atoms with Crippen molar-refractivity contribution in [3.63, 3.8) is 0 Å². The number of hydrogen-bond acceptors (Lipinski definition) is 3. The summed E-state index contributed by atoms with van der Waals surface area (Å²) >= 11 is 6.01. The molecule has 1 saturated heterocycles. The Morgan fingerprint density at radius 2 is 2.10 bits per heavy atom. The number of halogens is 1. The van der Waals surface area contributed by atoms with Crippen LogP contribution in [0.3, 0.4) is 0 Å². The van der Waals surface area contributed by atoms with Crippen molar-refractivity contribution in [3.8, 4) is 0 Å². The summed E-state index contributed by atoms with van der Waals surface area (Å²) in [4.78, 5) is 12.0. The Bertz CT molecular complexity index is 652. The Labute approximate surface area is 124 Å². The first-order valence-corrected chi connectivity index (χ1v) is 8.43. The standard InChI is InChI=1S/C14H18ClNO3S/c1-9-4-5-10(6-11(9)15)7-13(17)16-12-8-20(18,19)14(12,2)3/h4-6,12H,7-8H2,1-3H3,(H,16,17)/t12-/m0/s1. The number of carbonyl (C=O) groups is 1. The van der Waals surface area contributed by atoms with Gasteiger partial charge in [-0.25, -0.2) is 8.42 Å². The van der Waals surface area contributed by atoms with Crippen LogP contribution in [0.4, 0.5) is 0 Å². The second-order valence-corrected chi connectivity index (χ2v) is 8.79. The monoisotopic (exact) mass is 315 g/mol. The first-order chi connectivity index (χ1) is 9.13. The molecule has 110 valence electrons. The van der Waals surface area contributed by atoms with Gasteiger partial charge < -0.3 is 5.32 Å². The molecule has 2 rings (SSSR count). The summed E-state index contributed by atoms with van der Waals surface area (Å²) in [5, 5.41) is 3.41. The van der Waals surface area contributed by atoms with E-state index in [2.05, 4.69) is 5.32 Å². The minimum absolute atomic E-state index is 0.0143. The topological polar surface area (TPSA) is 63.2 Å². The van der Waals surface area contributed by atoms with Crippen LogP contribution in [-0.2, 0) is 21.1 Å². The van der Waals surface area contributed by atoms with E-state index in [1.807, 2.05) is 19.1 Å². The Balaban J connectivity index is 1.99. The van der Waals surface area contributed by atoms with Gasteiger partial charge in [0.05, 0.1) is 23.0 Å². The van der Waals surface area contributed by atoms with Crippen LogP contribution >= 0.6 is 11.6 Å². The average molecular weight is 316 g/mol. The third-order valence-corrected chi connectivity index (χ3v) is 7.03. The smallest absolute Gasteiger partial charge is 0.224 e. The SMILES string of the molecule is Cc1ccc(CC(=O)N[C@H]2CS(=O)(=O)C2(C)C)cc1Cl. The lowest BCUT2D eigenvalue weighted by Gasteiger charge is -2.43. The van der Waals surface area contributed by atoms with E-state index < -0.39 is 14.6 Å². The molecule has 1 aliphatic rings. The summed E-state index contributed by atoms with van der Waals surface area (Å²) in [5.41, 5.74) is 1.78. The molecule has 0 unspecified atom stereocenters. The summed E-state index contributed by atoms with van der Waals surface area (Å²) in [6.45, 7) is 5.17. The quantitative estimate of drug-likeness (QED) is 0.926. The maximum Gasteiger partial charge on any atom is 0.224 e. The highest BCUT2D eigenvalue weighted by Gasteiger charge is 2.53. The van der Waals surface area contributed by atoms with E-state index in [0.29, 0.717) is 5.02 Å². The van der Waals surface area contributed by atoms with Crippen LogP contribution in [0.25, 0.3) is 0 Å². The molecule has 0 spiro atoms. The number of benzene rings is 1. The summed E-state index contributed by atoms with van der Waals surface area (Å²) in [5.74, 6) is -0.168. The third kappa shape index (κ3) is 2.69. The van der Waals surface area contributed by atoms with Crippen LogP contribution in [0.5, 0.6) is 0 Å². The van der Waals surface area contributed by atoms with Crippen LogP contribution in [-0.4, -0.2) is 30.9 Å². The van der Waals surface area contributed by atoms with Crippen molar-refractivity contribution in [2.24, 2.45) is 0 Å². The molecule has 1 N–H and O–H groups in total. The van der Waals surface area contributed by atoms with Crippen LogP contribution in [0.2, 0.25) is 5.02 Å². The summed E-state index contributed by atoms with van der Waals surface area (Å²) < 4.78 is 22.3. The molecule has 1 aromatic rings. The number of sulfone groups is 1. The Kier molecular flexibility index (Phi) is 3.86. The molecule has 0 aliphatic carbocycles. The zero-order valence-electron chi connectivity index (χ0n) is 11.7. The molecule has 6 heteroatoms. The molecule has 1 amide bonds. The number of amides is 1. The van der Waals surface area contributed by atoms with Crippen molar-refractivity contribution >= 4 is 27.3 Å². The molecule has 1 fully saturated rings. The van der Waals surface area contributed by atoms with E-state index in [0.717, 1.165) is 11.1 Å². The summed E-state index contributed by atoms with van der Waals surface area (Å²) in [7, 11) is -3.08. The lowest BCUT2D eigenvalue weighted by molar-refractivity contribution is -0.121. The number of rotatable bonds is 3. The third-order valence-electron chi connectivity index (χ3n) is 3.96. The van der Waals surface area contributed by atoms with Crippen LogP contribution in [0.1, 0.15) is 25.0 Å². The highest BCUT2D eigenvalue weighted by atomic mass is 35.5. The Morgan fingerprint density at radius 1 is 1.45 bits per heavy atom. The molecule has 0 radical (unpaired) electrons. The maximum absolute atomic E-state index is 12.0. The average Bonchev–Trinajstić information content (AvgIpc) is 2.33. The second kappa shape index (κ2) is 5.04. The van der Waals surface area contributed by atoms with Gasteiger partial charge in [-0.15, -0.1) is 0 Å². The van der Waals surface area contributed by atoms with Crippen molar-refractivity contribution in [3.05, 3.63) is 34.3 Å². The predicted octanol–water partition coefficient (Wildman–Crippen LogP) is 1.88. The highest BCUT2D eigenvalue weighted by molar-refractivity contribution is 7.94. The van der Waals surface area contributed by atoms with E-state index in [9.17, 15) is 13.2 Å². The molecule has 4 nitrogen and oxygen atoms in total. The van der Waals surface area contributed by atoms with E-state index in [4.69, 9.17) is 11.6 Å². The number of carbonyl (C=O) groups excluding carboxylic acids is 1. The number of nitrogens with one attached hydrogen (secondary N) is 1. The van der Waals surface area contributed by atoms with Crippen molar-refractivity contribution in [1.29, 1.82) is 0 Å². The van der Waals surface area contributed by atoms with Gasteiger partial charge in [-0.1, -0.05) is 23.7 Å². The summed E-state index contributed by atoms with van der Waals surface area (Å²) in [6, 6.07) is 5.16. The van der Waals surface area contributed by atoms with Gasteiger partial charge in [-0.3, -0.25) is 4.79 Å². The molecule has 20 heavy (non-hydrogen) atoms. The first-order valence-electron chi connectivity index (χ1n) is 6.40. The number of aryl methyl sites for hydroxylation is 1. The maximum atomic E-state index is 12.0. The van der Waals surface area contributed by atoms with Crippen molar-refractivity contribution < 1.29 is 13.2 Å². The second-order valence-electron chi connectivity index (χ2n) is 5.77. The predicted molar refractivity (Wildman–Crippen MR) is 79.7 cm³/mol. The first kappa shape index (κ1) is 15.3. The van der Waals surface area contributed by atoms with Gasteiger partial charge >= 0.3 is 0 Å². The minimum Gasteiger partial charge on any atom is -0.350 e. The zero-order valence-corrected chi connectivity index (χ0v) is 13.3. The van der Waals surface area contributed by atoms with Crippen LogP contribution in [0, 0.1) is 6.92 Å². The van der Waals surface area contributed by atoms with E-state index in [1.165, 1.54) is 0 Å². The van der Waals surface area contributed by atoms with E-state index in [1.54, 1.807) is 19.9 Å². The van der Waals surface area contributed by atoms with Gasteiger partial charge in [0, 0.05) is 5.02 Å². The largest absolute Gasteiger partial charge is 0.350 e. The van der Waals surface area contributed by atoms with Gasteiger partial charge in [0.2, 0.25) is 5.91 Å². The molecule has 0 bridgehead atoms. The van der Waals surface area contributed by atoms with E-state index in [-0.39, 0.29) is 24.1 Å². The van der Waals surface area contributed by atoms with Gasteiger partial charge in [0.15, 0.2) is 9.84 Å². The van der Waals surface area contributed by atoms with Gasteiger partial charge in [-0.05, 0) is 38.0 Å². The summed E-state index contributed by atoms with van der Waals surface area (Å²) in [6.07, 6.45) is 0.201. The molecule has 0 aromatic heterocycles. The zero-order chi connectivity index (χ0) is 15.1. The molecule has 1 aliphatic heterocycles. The van der Waals surface area contributed by atoms with E-state index >= 15 is 0 Å². The fourth-order valence-corrected chi connectivity index (χ4v) is 3.99. The normalized spacial score (nSPS) is 22.9. The minimum atomic E-state index is -3.08. The van der Waals surface area contributed by atoms with Gasteiger partial charge in [-0.2, -0.15) is 0 Å². The van der Waals surface area contributed by atoms with Gasteiger partial charge in [0.1, 0.15) is 0 Å². The van der Waals surface area contributed by atoms with Crippen LogP contribution < -0.4 is 5.32 Å². The van der Waals surface area contributed by atoms with Gasteiger partial charge in [0.25, 0.3) is 0 Å². The molecule has 1 aromatic carbocycles. The molecule has 0 saturated carbocycles. The Hall–Kier alpha value is -1.07. The molecular weight excluding hydrogens is 298 g/mol. The fourth-order valence-electron chi connectivity index (χ4n) is 2.14. The Morgan fingerprint density at radius 3 is 2.60 bits per heavy atom. The van der Waals surface area contributed by atoms with Crippen molar-refractivity contribution in [1.82, 2.24) is 5.32 Å². The van der Waals surface area contributed by atoms with Crippen molar-refractivity contribution in [2.75, 3.05) is 5.75 Å². The fraction of sp³-hybridized carbons (Fsp3) is 0.500. The highest BCUT2D eigenvalue weighted by Crippen LogP contribution is 2.33. The molecule has 1 atom stereocenters. The molecule has 1 heterocycles. The lowest BCUT2D eigenvalue weighted by Crippen LogP contribution is -2.67.